The number of para-hydroxylation sites is 1. The number of halogens is 1. The van der Waals surface area contributed by atoms with Gasteiger partial charge in [0.05, 0.1) is 0 Å². The predicted octanol–water partition coefficient (Wildman–Crippen LogP) is 3.35. The minimum Gasteiger partial charge on any atom is -0.370 e. The first-order valence-corrected chi connectivity index (χ1v) is 7.93. The summed E-state index contributed by atoms with van der Waals surface area (Å²) in [5.74, 6) is 0.893. The largest absolute Gasteiger partial charge is 0.370 e. The minimum absolute atomic E-state index is 0. The van der Waals surface area contributed by atoms with Crippen LogP contribution in [0.5, 0.6) is 0 Å². The van der Waals surface area contributed by atoms with E-state index in [1.165, 1.54) is 58.3 Å². The second-order valence-electron chi connectivity index (χ2n) is 6.72. The van der Waals surface area contributed by atoms with E-state index in [1.807, 2.05) is 0 Å². The van der Waals surface area contributed by atoms with Gasteiger partial charge in [-0.25, -0.2) is 0 Å². The molecule has 1 spiro atoms. The summed E-state index contributed by atoms with van der Waals surface area (Å²) < 4.78 is 0. The Morgan fingerprint density at radius 1 is 1.15 bits per heavy atom. The van der Waals surface area contributed by atoms with Crippen molar-refractivity contribution in [1.82, 2.24) is 5.32 Å². The van der Waals surface area contributed by atoms with Crippen LogP contribution in [0, 0.1) is 5.92 Å². The molecule has 2 aliphatic heterocycles. The first-order chi connectivity index (χ1) is 9.37. The van der Waals surface area contributed by atoms with E-state index in [0.717, 1.165) is 5.92 Å². The van der Waals surface area contributed by atoms with Gasteiger partial charge in [0.15, 0.2) is 0 Å². The highest BCUT2D eigenvalue weighted by Crippen LogP contribution is 2.52. The lowest BCUT2D eigenvalue weighted by atomic mass is 9.66. The van der Waals surface area contributed by atoms with Gasteiger partial charge in [0.1, 0.15) is 0 Å². The molecule has 2 fully saturated rings. The van der Waals surface area contributed by atoms with E-state index in [1.54, 1.807) is 11.3 Å². The van der Waals surface area contributed by atoms with E-state index >= 15 is 0 Å². The van der Waals surface area contributed by atoms with Crippen molar-refractivity contribution in [2.45, 2.75) is 37.5 Å². The Balaban J connectivity index is 0.00000121. The normalized spacial score (nSPS) is 24.1. The molecule has 20 heavy (non-hydrogen) atoms. The Labute approximate surface area is 128 Å². The SMILES string of the molecule is Cl.c1ccc2c(c1)N(CC1CCNCC1)CC21CCC1. The molecule has 1 aliphatic carbocycles. The topological polar surface area (TPSA) is 15.3 Å². The van der Waals surface area contributed by atoms with Gasteiger partial charge in [0.2, 0.25) is 0 Å². The smallest absolute Gasteiger partial charge is 0.0405 e. The number of rotatable bonds is 2. The van der Waals surface area contributed by atoms with Gasteiger partial charge in [-0.05, 0) is 56.3 Å². The zero-order chi connectivity index (χ0) is 12.7. The highest BCUT2D eigenvalue weighted by molar-refractivity contribution is 5.85. The number of benzene rings is 1. The van der Waals surface area contributed by atoms with Crippen LogP contribution in [0.2, 0.25) is 0 Å². The Morgan fingerprint density at radius 2 is 1.90 bits per heavy atom. The molecule has 0 bridgehead atoms. The van der Waals surface area contributed by atoms with Crippen LogP contribution >= 0.6 is 12.4 Å². The molecule has 2 heterocycles. The van der Waals surface area contributed by atoms with Gasteiger partial charge in [-0.1, -0.05) is 24.6 Å². The fourth-order valence-electron chi connectivity index (χ4n) is 4.30. The molecule has 1 saturated heterocycles. The zero-order valence-corrected chi connectivity index (χ0v) is 12.9. The van der Waals surface area contributed by atoms with Crippen LogP contribution in [-0.4, -0.2) is 26.2 Å². The Bertz CT molecular complexity index is 464. The summed E-state index contributed by atoms with van der Waals surface area (Å²) in [6, 6.07) is 9.18. The van der Waals surface area contributed by atoms with Crippen molar-refractivity contribution in [3.63, 3.8) is 0 Å². The van der Waals surface area contributed by atoms with Gasteiger partial charge in [0.25, 0.3) is 0 Å². The van der Waals surface area contributed by atoms with Crippen molar-refractivity contribution in [3.05, 3.63) is 29.8 Å². The van der Waals surface area contributed by atoms with Crippen LogP contribution in [0.25, 0.3) is 0 Å². The van der Waals surface area contributed by atoms with E-state index in [4.69, 9.17) is 0 Å². The van der Waals surface area contributed by atoms with E-state index in [9.17, 15) is 0 Å². The molecular formula is C17H25ClN2. The van der Waals surface area contributed by atoms with Gasteiger partial charge >= 0.3 is 0 Å². The van der Waals surface area contributed by atoms with Crippen molar-refractivity contribution in [2.75, 3.05) is 31.1 Å². The summed E-state index contributed by atoms with van der Waals surface area (Å²) in [5.41, 5.74) is 3.72. The summed E-state index contributed by atoms with van der Waals surface area (Å²) in [7, 11) is 0. The van der Waals surface area contributed by atoms with Gasteiger partial charge in [-0.3, -0.25) is 0 Å². The third kappa shape index (κ3) is 2.23. The van der Waals surface area contributed by atoms with E-state index in [-0.39, 0.29) is 12.4 Å². The van der Waals surface area contributed by atoms with Crippen molar-refractivity contribution >= 4 is 18.1 Å². The van der Waals surface area contributed by atoms with Gasteiger partial charge in [0, 0.05) is 24.2 Å². The monoisotopic (exact) mass is 292 g/mol. The Morgan fingerprint density at radius 3 is 2.60 bits per heavy atom. The molecule has 3 heteroatoms. The lowest BCUT2D eigenvalue weighted by Gasteiger charge is -2.39. The zero-order valence-electron chi connectivity index (χ0n) is 12.1. The number of piperidine rings is 1. The van der Waals surface area contributed by atoms with Crippen LogP contribution < -0.4 is 10.2 Å². The molecule has 2 nitrogen and oxygen atoms in total. The number of hydrogen-bond acceptors (Lipinski definition) is 2. The summed E-state index contributed by atoms with van der Waals surface area (Å²) in [5, 5.41) is 3.48. The maximum atomic E-state index is 3.48. The van der Waals surface area contributed by atoms with Gasteiger partial charge in [-0.15, -0.1) is 12.4 Å². The molecule has 0 unspecified atom stereocenters. The van der Waals surface area contributed by atoms with Crippen molar-refractivity contribution in [1.29, 1.82) is 0 Å². The Hall–Kier alpha value is -0.730. The number of fused-ring (bicyclic) bond motifs is 2. The maximum absolute atomic E-state index is 3.48. The first kappa shape index (κ1) is 14.2. The Kier molecular flexibility index (Phi) is 3.96. The van der Waals surface area contributed by atoms with Crippen LogP contribution in [0.3, 0.4) is 0 Å². The quantitative estimate of drug-likeness (QED) is 0.899. The second kappa shape index (κ2) is 5.57. The number of hydrogen-bond donors (Lipinski definition) is 1. The standard InChI is InChI=1S/C17H24N2.ClH/c1-2-5-16-15(4-1)17(8-3-9-17)13-19(16)12-14-6-10-18-11-7-14;/h1-2,4-5,14,18H,3,6-13H2;1H. The average Bonchev–Trinajstić information content (AvgIpc) is 2.75. The molecule has 1 N–H and O–H groups in total. The molecule has 4 rings (SSSR count). The van der Waals surface area contributed by atoms with Crippen molar-refractivity contribution in [3.8, 4) is 0 Å². The summed E-state index contributed by atoms with van der Waals surface area (Å²) >= 11 is 0. The number of anilines is 1. The van der Waals surface area contributed by atoms with E-state index < -0.39 is 0 Å². The van der Waals surface area contributed by atoms with Crippen molar-refractivity contribution in [2.24, 2.45) is 5.92 Å². The minimum atomic E-state index is 0. The molecule has 0 aromatic heterocycles. The molecule has 1 aromatic rings. The van der Waals surface area contributed by atoms with E-state index in [2.05, 4.69) is 34.5 Å². The molecule has 0 atom stereocenters. The summed E-state index contributed by atoms with van der Waals surface area (Å²) in [6.45, 7) is 4.99. The molecule has 3 aliphatic rings. The van der Waals surface area contributed by atoms with Crippen molar-refractivity contribution < 1.29 is 0 Å². The number of nitrogens with one attached hydrogen (secondary N) is 1. The lowest BCUT2D eigenvalue weighted by Crippen LogP contribution is -2.42. The fraction of sp³-hybridized carbons (Fsp3) is 0.647. The number of nitrogens with zero attached hydrogens (tertiary/aromatic N) is 1. The molecule has 1 saturated carbocycles. The molecule has 0 radical (unpaired) electrons. The molecule has 0 amide bonds. The van der Waals surface area contributed by atoms with Crippen LogP contribution in [0.15, 0.2) is 24.3 Å². The summed E-state index contributed by atoms with van der Waals surface area (Å²) in [4.78, 5) is 2.70. The predicted molar refractivity (Wildman–Crippen MR) is 87.0 cm³/mol. The highest BCUT2D eigenvalue weighted by Gasteiger charge is 2.46. The highest BCUT2D eigenvalue weighted by atomic mass is 35.5. The third-order valence-corrected chi connectivity index (χ3v) is 5.56. The van der Waals surface area contributed by atoms with E-state index in [0.29, 0.717) is 5.41 Å². The fourth-order valence-corrected chi connectivity index (χ4v) is 4.30. The maximum Gasteiger partial charge on any atom is 0.0405 e. The average molecular weight is 293 g/mol. The lowest BCUT2D eigenvalue weighted by molar-refractivity contribution is 0.258. The second-order valence-corrected chi connectivity index (χ2v) is 6.72. The van der Waals surface area contributed by atoms with Gasteiger partial charge < -0.3 is 10.2 Å². The van der Waals surface area contributed by atoms with Crippen LogP contribution in [0.1, 0.15) is 37.7 Å². The van der Waals surface area contributed by atoms with Gasteiger partial charge in [-0.2, -0.15) is 0 Å². The third-order valence-electron chi connectivity index (χ3n) is 5.56. The first-order valence-electron chi connectivity index (χ1n) is 7.93. The summed E-state index contributed by atoms with van der Waals surface area (Å²) in [6.07, 6.45) is 6.95. The van der Waals surface area contributed by atoms with Crippen LogP contribution in [-0.2, 0) is 5.41 Å². The molecular weight excluding hydrogens is 268 g/mol. The molecule has 110 valence electrons. The van der Waals surface area contributed by atoms with Crippen LogP contribution in [0.4, 0.5) is 5.69 Å². The molecule has 1 aromatic carbocycles.